The molecule has 2 heterocycles. The number of hydrogen-bond acceptors (Lipinski definition) is 8. The third-order valence-corrected chi connectivity index (χ3v) is 6.76. The summed E-state index contributed by atoms with van der Waals surface area (Å²) in [6, 6.07) is 10.7. The predicted octanol–water partition coefficient (Wildman–Crippen LogP) is 1.78. The fourth-order valence-corrected chi connectivity index (χ4v) is 4.79. The second-order valence-electron chi connectivity index (χ2n) is 10.0. The number of nitrogens with zero attached hydrogens (tertiary/aromatic N) is 3. The minimum atomic E-state index is -1.48. The number of hydrogen-bond donors (Lipinski definition) is 1. The maximum atomic E-state index is 13.6. The lowest BCUT2D eigenvalue weighted by Crippen LogP contribution is -2.52. The largest absolute Gasteiger partial charge is 0.492 e. The monoisotopic (exact) mass is 549 g/mol. The highest BCUT2D eigenvalue weighted by molar-refractivity contribution is 5.77. The van der Waals surface area contributed by atoms with Crippen LogP contribution < -0.4 is 9.47 Å². The van der Waals surface area contributed by atoms with Gasteiger partial charge in [-0.1, -0.05) is 12.1 Å². The molecule has 0 aliphatic carbocycles. The Labute approximate surface area is 227 Å². The molecule has 2 aliphatic heterocycles. The van der Waals surface area contributed by atoms with Gasteiger partial charge in [-0.3, -0.25) is 14.6 Å². The molecule has 2 aromatic carbocycles. The quantitative estimate of drug-likeness (QED) is 0.454. The van der Waals surface area contributed by atoms with E-state index in [2.05, 4.69) is 4.90 Å². The molecule has 0 spiro atoms. The minimum Gasteiger partial charge on any atom is -0.492 e. The molecule has 0 unspecified atom stereocenters. The van der Waals surface area contributed by atoms with E-state index in [1.54, 1.807) is 0 Å². The molecule has 11 heteroatoms. The van der Waals surface area contributed by atoms with Crippen LogP contribution in [-0.4, -0.2) is 117 Å². The van der Waals surface area contributed by atoms with Crippen LogP contribution in [0, 0.1) is 11.6 Å². The number of aliphatic hydroxyl groups is 1. The zero-order valence-corrected chi connectivity index (χ0v) is 22.3. The molecule has 0 saturated carbocycles. The number of amides is 1. The minimum absolute atomic E-state index is 0.000584. The Bertz CT molecular complexity index is 1050. The fourth-order valence-electron chi connectivity index (χ4n) is 4.79. The van der Waals surface area contributed by atoms with E-state index in [9.17, 15) is 18.7 Å². The van der Waals surface area contributed by atoms with E-state index >= 15 is 0 Å². The van der Waals surface area contributed by atoms with Gasteiger partial charge in [0.2, 0.25) is 5.91 Å². The van der Waals surface area contributed by atoms with E-state index < -0.39 is 17.2 Å². The highest BCUT2D eigenvalue weighted by atomic mass is 19.1. The third kappa shape index (κ3) is 9.11. The van der Waals surface area contributed by atoms with Crippen molar-refractivity contribution >= 4 is 5.91 Å². The standard InChI is InChI=1S/C28H37F2N3O6/c1-36-18-27(34)33-7-6-32(19-28(35,20-33)21-39-26-15-23(29)14-24(30)16-26)17-22-2-4-25(5-3-22)38-13-10-31-8-11-37-12-9-31/h2-5,14-16,35H,6-13,17-21H2,1H3/t28-/m1/s1. The lowest BCUT2D eigenvalue weighted by molar-refractivity contribution is -0.138. The molecule has 0 aromatic heterocycles. The van der Waals surface area contributed by atoms with Crippen LogP contribution in [0.15, 0.2) is 42.5 Å². The van der Waals surface area contributed by atoms with Gasteiger partial charge in [-0.25, -0.2) is 8.78 Å². The third-order valence-electron chi connectivity index (χ3n) is 6.76. The van der Waals surface area contributed by atoms with E-state index in [4.69, 9.17) is 18.9 Å². The Balaban J connectivity index is 1.37. The SMILES string of the molecule is COCC(=O)N1CCN(Cc2ccc(OCCN3CCOCC3)cc2)C[C@](O)(COc2cc(F)cc(F)c2)C1. The summed E-state index contributed by atoms with van der Waals surface area (Å²) in [5.41, 5.74) is -0.465. The van der Waals surface area contributed by atoms with E-state index in [0.29, 0.717) is 26.2 Å². The van der Waals surface area contributed by atoms with Crippen molar-refractivity contribution in [1.82, 2.24) is 14.7 Å². The van der Waals surface area contributed by atoms with Gasteiger partial charge >= 0.3 is 0 Å². The van der Waals surface area contributed by atoms with Crippen molar-refractivity contribution in [2.24, 2.45) is 0 Å². The molecule has 1 amide bonds. The smallest absolute Gasteiger partial charge is 0.248 e. The Hall–Kier alpha value is -2.83. The molecular weight excluding hydrogens is 512 g/mol. The lowest BCUT2D eigenvalue weighted by Gasteiger charge is -2.33. The maximum absolute atomic E-state index is 13.6. The summed E-state index contributed by atoms with van der Waals surface area (Å²) in [5.74, 6) is -1.05. The molecule has 1 N–H and O–H groups in total. The van der Waals surface area contributed by atoms with Crippen molar-refractivity contribution in [2.45, 2.75) is 12.1 Å². The first kappa shape index (κ1) is 29.2. The van der Waals surface area contributed by atoms with E-state index in [0.717, 1.165) is 62.4 Å². The summed E-state index contributed by atoms with van der Waals surface area (Å²) in [4.78, 5) is 18.5. The van der Waals surface area contributed by atoms with Crippen LogP contribution >= 0.6 is 0 Å². The van der Waals surface area contributed by atoms with Crippen LogP contribution in [0.1, 0.15) is 5.56 Å². The van der Waals surface area contributed by atoms with Gasteiger partial charge in [-0.2, -0.15) is 0 Å². The summed E-state index contributed by atoms with van der Waals surface area (Å²) in [7, 11) is 1.44. The number of halogens is 2. The number of morpholine rings is 1. The highest BCUT2D eigenvalue weighted by Gasteiger charge is 2.37. The average molecular weight is 550 g/mol. The number of β-amino-alcohol motifs (C(OH)–C–C–N with tert-alkyl or cyclic N) is 1. The van der Waals surface area contributed by atoms with Gasteiger partial charge in [0.25, 0.3) is 0 Å². The number of methoxy groups -OCH3 is 1. The van der Waals surface area contributed by atoms with E-state index in [1.165, 1.54) is 12.0 Å². The van der Waals surface area contributed by atoms with Crippen LogP contribution in [0.4, 0.5) is 8.78 Å². The first-order valence-corrected chi connectivity index (χ1v) is 13.1. The van der Waals surface area contributed by atoms with Crippen molar-refractivity contribution in [2.75, 3.05) is 86.0 Å². The number of ether oxygens (including phenoxy) is 4. The van der Waals surface area contributed by atoms with Crippen LogP contribution in [-0.2, 0) is 20.8 Å². The first-order valence-electron chi connectivity index (χ1n) is 13.1. The van der Waals surface area contributed by atoms with E-state index in [-0.39, 0.29) is 38.0 Å². The van der Waals surface area contributed by atoms with Gasteiger partial charge in [-0.15, -0.1) is 0 Å². The molecule has 4 rings (SSSR count). The van der Waals surface area contributed by atoms with Crippen molar-refractivity contribution in [1.29, 1.82) is 0 Å². The van der Waals surface area contributed by atoms with Gasteiger partial charge in [0.15, 0.2) is 0 Å². The molecule has 214 valence electrons. The molecule has 0 radical (unpaired) electrons. The number of rotatable bonds is 11. The number of carbonyl (C=O) groups excluding carboxylic acids is 1. The molecule has 9 nitrogen and oxygen atoms in total. The lowest BCUT2D eigenvalue weighted by atomic mass is 10.0. The Morgan fingerprint density at radius 2 is 1.67 bits per heavy atom. The van der Waals surface area contributed by atoms with Crippen molar-refractivity contribution in [3.05, 3.63) is 59.7 Å². The van der Waals surface area contributed by atoms with Crippen molar-refractivity contribution in [3.63, 3.8) is 0 Å². The summed E-state index contributed by atoms with van der Waals surface area (Å²) in [6.45, 7) is 6.06. The fraction of sp³-hybridized carbons (Fsp3) is 0.536. The Morgan fingerprint density at radius 1 is 0.949 bits per heavy atom. The maximum Gasteiger partial charge on any atom is 0.248 e. The molecule has 2 aliphatic rings. The molecule has 1 atom stereocenters. The molecule has 2 aromatic rings. The van der Waals surface area contributed by atoms with Gasteiger partial charge in [0, 0.05) is 71.1 Å². The van der Waals surface area contributed by atoms with Gasteiger partial charge in [0.1, 0.15) is 48.6 Å². The van der Waals surface area contributed by atoms with Gasteiger partial charge in [0.05, 0.1) is 19.8 Å². The van der Waals surface area contributed by atoms with Crippen LogP contribution in [0.2, 0.25) is 0 Å². The second-order valence-corrected chi connectivity index (χ2v) is 10.0. The van der Waals surface area contributed by atoms with E-state index in [1.807, 2.05) is 29.2 Å². The van der Waals surface area contributed by atoms with Crippen LogP contribution in [0.5, 0.6) is 11.5 Å². The molecule has 2 saturated heterocycles. The Kier molecular flexibility index (Phi) is 10.5. The molecular formula is C28H37F2N3O6. The molecule has 39 heavy (non-hydrogen) atoms. The molecule has 0 bridgehead atoms. The van der Waals surface area contributed by atoms with Gasteiger partial charge < -0.3 is 29.0 Å². The van der Waals surface area contributed by atoms with Gasteiger partial charge in [-0.05, 0) is 17.7 Å². The second kappa shape index (κ2) is 14.0. The number of carbonyl (C=O) groups is 1. The highest BCUT2D eigenvalue weighted by Crippen LogP contribution is 2.22. The Morgan fingerprint density at radius 3 is 2.36 bits per heavy atom. The topological polar surface area (TPSA) is 83.9 Å². The summed E-state index contributed by atoms with van der Waals surface area (Å²) < 4.78 is 49.1. The van der Waals surface area contributed by atoms with Crippen LogP contribution in [0.25, 0.3) is 0 Å². The summed E-state index contributed by atoms with van der Waals surface area (Å²) in [5, 5.41) is 11.5. The van der Waals surface area contributed by atoms with Crippen molar-refractivity contribution in [3.8, 4) is 11.5 Å². The zero-order valence-electron chi connectivity index (χ0n) is 22.3. The normalized spacial score (nSPS) is 21.0. The number of benzene rings is 2. The first-order chi connectivity index (χ1) is 18.8. The summed E-state index contributed by atoms with van der Waals surface area (Å²) in [6.07, 6.45) is 0. The van der Waals surface area contributed by atoms with Crippen molar-refractivity contribution < 1.29 is 37.6 Å². The molecule has 2 fully saturated rings. The average Bonchev–Trinajstić information content (AvgIpc) is 3.08. The zero-order chi connectivity index (χ0) is 27.7. The predicted molar refractivity (Wildman–Crippen MR) is 140 cm³/mol. The summed E-state index contributed by atoms with van der Waals surface area (Å²) >= 11 is 0. The van der Waals surface area contributed by atoms with Crippen LogP contribution in [0.3, 0.4) is 0 Å².